The van der Waals surface area contributed by atoms with Crippen LogP contribution in [0.5, 0.6) is 5.75 Å². The van der Waals surface area contributed by atoms with Crippen LogP contribution in [0.15, 0.2) is 18.2 Å². The van der Waals surface area contributed by atoms with E-state index in [1.165, 1.54) is 47.8 Å². The predicted molar refractivity (Wildman–Crippen MR) is 78.8 cm³/mol. The van der Waals surface area contributed by atoms with E-state index in [2.05, 4.69) is 22.8 Å². The summed E-state index contributed by atoms with van der Waals surface area (Å²) in [6.45, 7) is 1.74. The highest BCUT2D eigenvalue weighted by molar-refractivity contribution is 5.90. The van der Waals surface area contributed by atoms with Crippen LogP contribution in [-0.4, -0.2) is 18.2 Å². The van der Waals surface area contributed by atoms with Crippen LogP contribution < -0.4 is 10.5 Å². The molecule has 1 heterocycles. The van der Waals surface area contributed by atoms with Crippen molar-refractivity contribution < 1.29 is 4.74 Å². The Balaban J connectivity index is 2.23. The number of para-hydroxylation sites is 1. The molecule has 0 unspecified atom stereocenters. The third-order valence-corrected chi connectivity index (χ3v) is 4.16. The minimum absolute atomic E-state index is 0.740. The smallest absolute Gasteiger partial charge is 0.143 e. The van der Waals surface area contributed by atoms with E-state index in [1.54, 1.807) is 7.11 Å². The van der Waals surface area contributed by atoms with Gasteiger partial charge in [-0.1, -0.05) is 12.1 Å². The third kappa shape index (κ3) is 2.02. The van der Waals surface area contributed by atoms with E-state index in [1.807, 2.05) is 0 Å². The molecule has 3 nitrogen and oxygen atoms in total. The second-order valence-corrected chi connectivity index (χ2v) is 5.28. The molecule has 0 amide bonds. The van der Waals surface area contributed by atoms with Gasteiger partial charge >= 0.3 is 0 Å². The Morgan fingerprint density at radius 1 is 1.26 bits per heavy atom. The lowest BCUT2D eigenvalue weighted by Crippen LogP contribution is -2.11. The molecule has 2 aromatic rings. The molecule has 0 fully saturated rings. The molecule has 1 aliphatic carbocycles. The van der Waals surface area contributed by atoms with E-state index in [0.717, 1.165) is 25.3 Å². The largest absolute Gasteiger partial charge is 0.495 e. The SMILES string of the molecule is COc1cccc2c3c(n(CCCN)c12)CCCC3. The summed E-state index contributed by atoms with van der Waals surface area (Å²) in [5.41, 5.74) is 10.0. The highest BCUT2D eigenvalue weighted by Gasteiger charge is 2.21. The molecule has 1 aromatic carbocycles. The molecule has 19 heavy (non-hydrogen) atoms. The van der Waals surface area contributed by atoms with Gasteiger partial charge in [-0.25, -0.2) is 0 Å². The number of nitrogens with zero attached hydrogens (tertiary/aromatic N) is 1. The average Bonchev–Trinajstić information content (AvgIpc) is 2.79. The summed E-state index contributed by atoms with van der Waals surface area (Å²) >= 11 is 0. The number of ether oxygens (including phenoxy) is 1. The quantitative estimate of drug-likeness (QED) is 0.916. The number of aromatic nitrogens is 1. The lowest BCUT2D eigenvalue weighted by Gasteiger charge is -2.16. The Morgan fingerprint density at radius 2 is 2.11 bits per heavy atom. The summed E-state index contributed by atoms with van der Waals surface area (Å²) in [6.07, 6.45) is 6.02. The Labute approximate surface area is 114 Å². The molecule has 0 saturated heterocycles. The summed E-state index contributed by atoms with van der Waals surface area (Å²) in [4.78, 5) is 0. The second-order valence-electron chi connectivity index (χ2n) is 5.28. The summed E-state index contributed by atoms with van der Waals surface area (Å²) in [6, 6.07) is 6.40. The molecule has 2 N–H and O–H groups in total. The molecule has 0 aliphatic heterocycles. The van der Waals surface area contributed by atoms with Gasteiger partial charge in [-0.05, 0) is 50.3 Å². The fourth-order valence-electron chi connectivity index (χ4n) is 3.32. The van der Waals surface area contributed by atoms with Gasteiger partial charge < -0.3 is 15.0 Å². The van der Waals surface area contributed by atoms with Gasteiger partial charge in [0.25, 0.3) is 0 Å². The van der Waals surface area contributed by atoms with Gasteiger partial charge in [0.05, 0.1) is 12.6 Å². The number of benzene rings is 1. The number of aryl methyl sites for hydroxylation is 2. The molecule has 1 aliphatic rings. The van der Waals surface area contributed by atoms with Crippen molar-refractivity contribution in [2.24, 2.45) is 5.73 Å². The van der Waals surface area contributed by atoms with Gasteiger partial charge in [0.15, 0.2) is 0 Å². The zero-order chi connectivity index (χ0) is 13.2. The maximum Gasteiger partial charge on any atom is 0.143 e. The molecule has 3 rings (SSSR count). The van der Waals surface area contributed by atoms with E-state index < -0.39 is 0 Å². The minimum Gasteiger partial charge on any atom is -0.495 e. The molecule has 3 heteroatoms. The molecule has 0 bridgehead atoms. The number of hydrogen-bond donors (Lipinski definition) is 1. The van der Waals surface area contributed by atoms with Crippen molar-refractivity contribution in [1.82, 2.24) is 4.57 Å². The maximum atomic E-state index is 5.69. The van der Waals surface area contributed by atoms with Crippen LogP contribution >= 0.6 is 0 Å². The van der Waals surface area contributed by atoms with Crippen LogP contribution in [0.25, 0.3) is 10.9 Å². The summed E-state index contributed by atoms with van der Waals surface area (Å²) in [7, 11) is 1.76. The van der Waals surface area contributed by atoms with Crippen molar-refractivity contribution >= 4 is 10.9 Å². The molecule has 0 radical (unpaired) electrons. The van der Waals surface area contributed by atoms with E-state index in [-0.39, 0.29) is 0 Å². The van der Waals surface area contributed by atoms with E-state index in [9.17, 15) is 0 Å². The zero-order valence-corrected chi connectivity index (χ0v) is 11.6. The van der Waals surface area contributed by atoms with E-state index in [4.69, 9.17) is 10.5 Å². The average molecular weight is 258 g/mol. The van der Waals surface area contributed by atoms with Crippen LogP contribution in [0, 0.1) is 0 Å². The van der Waals surface area contributed by atoms with Crippen molar-refractivity contribution in [3.63, 3.8) is 0 Å². The molecule has 1 aromatic heterocycles. The Hall–Kier alpha value is -1.48. The highest BCUT2D eigenvalue weighted by atomic mass is 16.5. The van der Waals surface area contributed by atoms with Crippen LogP contribution in [-0.2, 0) is 19.4 Å². The minimum atomic E-state index is 0.740. The molecule has 102 valence electrons. The van der Waals surface area contributed by atoms with Gasteiger partial charge in [-0.3, -0.25) is 0 Å². The van der Waals surface area contributed by atoms with Gasteiger partial charge in [0, 0.05) is 17.6 Å². The number of methoxy groups -OCH3 is 1. The maximum absolute atomic E-state index is 5.69. The van der Waals surface area contributed by atoms with E-state index >= 15 is 0 Å². The fraction of sp³-hybridized carbons (Fsp3) is 0.500. The van der Waals surface area contributed by atoms with E-state index in [0.29, 0.717) is 0 Å². The fourth-order valence-corrected chi connectivity index (χ4v) is 3.32. The van der Waals surface area contributed by atoms with Crippen LogP contribution in [0.4, 0.5) is 0 Å². The second kappa shape index (κ2) is 5.25. The van der Waals surface area contributed by atoms with Gasteiger partial charge in [-0.15, -0.1) is 0 Å². The predicted octanol–water partition coefficient (Wildman–Crippen LogP) is 2.88. The van der Waals surface area contributed by atoms with Crippen LogP contribution in [0.2, 0.25) is 0 Å². The van der Waals surface area contributed by atoms with Crippen molar-refractivity contribution in [1.29, 1.82) is 0 Å². The number of hydrogen-bond acceptors (Lipinski definition) is 2. The van der Waals surface area contributed by atoms with Crippen molar-refractivity contribution in [2.45, 2.75) is 38.6 Å². The first kappa shape index (κ1) is 12.5. The van der Waals surface area contributed by atoms with Crippen molar-refractivity contribution in [3.05, 3.63) is 29.5 Å². The standard InChI is InChI=1S/C16H22N2O/c1-19-15-9-4-7-13-12-6-2-3-8-14(12)18(16(13)15)11-5-10-17/h4,7,9H,2-3,5-6,8,10-11,17H2,1H3. The number of rotatable bonds is 4. The number of fused-ring (bicyclic) bond motifs is 3. The van der Waals surface area contributed by atoms with Crippen LogP contribution in [0.1, 0.15) is 30.5 Å². The Kier molecular flexibility index (Phi) is 3.47. The first-order chi connectivity index (χ1) is 9.36. The topological polar surface area (TPSA) is 40.2 Å². The normalized spacial score (nSPS) is 14.6. The lowest BCUT2D eigenvalue weighted by molar-refractivity contribution is 0.416. The highest BCUT2D eigenvalue weighted by Crippen LogP contribution is 2.36. The Morgan fingerprint density at radius 3 is 2.89 bits per heavy atom. The molecular formula is C16H22N2O. The van der Waals surface area contributed by atoms with Gasteiger partial charge in [-0.2, -0.15) is 0 Å². The molecular weight excluding hydrogens is 236 g/mol. The van der Waals surface area contributed by atoms with Crippen molar-refractivity contribution in [3.8, 4) is 5.75 Å². The lowest BCUT2D eigenvalue weighted by atomic mass is 9.95. The monoisotopic (exact) mass is 258 g/mol. The van der Waals surface area contributed by atoms with Gasteiger partial charge in [0.2, 0.25) is 0 Å². The van der Waals surface area contributed by atoms with Gasteiger partial charge in [0.1, 0.15) is 5.75 Å². The summed E-state index contributed by atoms with van der Waals surface area (Å²) < 4.78 is 8.03. The third-order valence-electron chi connectivity index (χ3n) is 4.16. The first-order valence-corrected chi connectivity index (χ1v) is 7.24. The summed E-state index contributed by atoms with van der Waals surface area (Å²) in [5, 5.41) is 1.38. The Bertz CT molecular complexity index is 586. The molecule has 0 atom stereocenters. The van der Waals surface area contributed by atoms with Crippen molar-refractivity contribution in [2.75, 3.05) is 13.7 Å². The molecule has 0 spiro atoms. The first-order valence-electron chi connectivity index (χ1n) is 7.24. The molecule has 0 saturated carbocycles. The summed E-state index contributed by atoms with van der Waals surface area (Å²) in [5.74, 6) is 0.990. The van der Waals surface area contributed by atoms with Crippen LogP contribution in [0.3, 0.4) is 0 Å². The zero-order valence-electron chi connectivity index (χ0n) is 11.6. The number of nitrogens with two attached hydrogens (primary N) is 1.